The third-order valence-electron chi connectivity index (χ3n) is 5.35. The molecule has 0 amide bonds. The van der Waals surface area contributed by atoms with E-state index in [4.69, 9.17) is 4.74 Å². The molecular formula is C25H56N2O. The standard InChI is InChI=1S/C8H17N.C6H13NO.C6H14.C5H12/c1-7(2)9(3)8-5-4-6-8;1-5(2)7-6-3-8-4-6;1-4-5-6(2)3;1-4-5(2)3/h7-8H,4-6H2,1-3H3;5-7H,3-4H2,1-2H3;6H,4-5H2,1-3H3;5H,4H2,1-3H3. The van der Waals surface area contributed by atoms with Gasteiger partial charge in [0, 0.05) is 18.1 Å². The highest BCUT2D eigenvalue weighted by Gasteiger charge is 2.22. The largest absolute Gasteiger partial charge is 0.378 e. The van der Waals surface area contributed by atoms with E-state index in [1.54, 1.807) is 0 Å². The lowest BCUT2D eigenvalue weighted by Crippen LogP contribution is -2.48. The molecule has 1 saturated carbocycles. The minimum absolute atomic E-state index is 0.601. The Bertz CT molecular complexity index is 308. The fourth-order valence-electron chi connectivity index (χ4n) is 2.60. The van der Waals surface area contributed by atoms with Crippen molar-refractivity contribution in [3.8, 4) is 0 Å². The van der Waals surface area contributed by atoms with Gasteiger partial charge in [-0.2, -0.15) is 0 Å². The van der Waals surface area contributed by atoms with E-state index in [9.17, 15) is 0 Å². The first kappa shape index (κ1) is 30.1. The Morgan fingerprint density at radius 3 is 1.46 bits per heavy atom. The minimum atomic E-state index is 0.601. The summed E-state index contributed by atoms with van der Waals surface area (Å²) in [5, 5.41) is 3.35. The van der Waals surface area contributed by atoms with Gasteiger partial charge in [0.25, 0.3) is 0 Å². The number of nitrogens with zero attached hydrogens (tertiary/aromatic N) is 1. The van der Waals surface area contributed by atoms with Gasteiger partial charge in [-0.25, -0.2) is 0 Å². The van der Waals surface area contributed by atoms with Gasteiger partial charge >= 0.3 is 0 Å². The van der Waals surface area contributed by atoms with Crippen molar-refractivity contribution in [3.05, 3.63) is 0 Å². The van der Waals surface area contributed by atoms with Gasteiger partial charge in [-0.05, 0) is 45.6 Å². The van der Waals surface area contributed by atoms with Crippen molar-refractivity contribution < 1.29 is 4.74 Å². The van der Waals surface area contributed by atoms with Crippen LogP contribution in [0.25, 0.3) is 0 Å². The molecule has 0 bridgehead atoms. The molecule has 0 spiro atoms. The fourth-order valence-corrected chi connectivity index (χ4v) is 2.60. The second-order valence-electron chi connectivity index (χ2n) is 9.88. The molecule has 0 unspecified atom stereocenters. The van der Waals surface area contributed by atoms with Crippen LogP contribution in [0, 0.1) is 11.8 Å². The molecule has 0 atom stereocenters. The highest BCUT2D eigenvalue weighted by Crippen LogP contribution is 2.24. The van der Waals surface area contributed by atoms with Gasteiger partial charge in [0.15, 0.2) is 0 Å². The van der Waals surface area contributed by atoms with Gasteiger partial charge in [0.2, 0.25) is 0 Å². The quantitative estimate of drug-likeness (QED) is 0.511. The van der Waals surface area contributed by atoms with Crippen molar-refractivity contribution in [2.75, 3.05) is 20.3 Å². The highest BCUT2D eigenvalue weighted by molar-refractivity contribution is 4.79. The van der Waals surface area contributed by atoms with Crippen molar-refractivity contribution in [1.29, 1.82) is 0 Å². The van der Waals surface area contributed by atoms with E-state index < -0.39 is 0 Å². The smallest absolute Gasteiger partial charge is 0.0643 e. The summed E-state index contributed by atoms with van der Waals surface area (Å²) in [6, 6.07) is 2.87. The first-order valence-electron chi connectivity index (χ1n) is 12.1. The van der Waals surface area contributed by atoms with Crippen LogP contribution in [0.2, 0.25) is 0 Å². The molecule has 1 aliphatic carbocycles. The molecule has 2 aliphatic rings. The van der Waals surface area contributed by atoms with Gasteiger partial charge in [-0.1, -0.05) is 81.1 Å². The zero-order valence-electron chi connectivity index (χ0n) is 21.5. The summed E-state index contributed by atoms with van der Waals surface area (Å²) in [6.45, 7) is 24.0. The number of nitrogens with one attached hydrogen (secondary N) is 1. The lowest BCUT2D eigenvalue weighted by Gasteiger charge is -2.37. The van der Waals surface area contributed by atoms with Crippen LogP contribution in [0.15, 0.2) is 0 Å². The van der Waals surface area contributed by atoms with Crippen molar-refractivity contribution >= 4 is 0 Å². The first-order chi connectivity index (χ1) is 13.0. The van der Waals surface area contributed by atoms with Gasteiger partial charge in [0.1, 0.15) is 0 Å². The average Bonchev–Trinajstić information content (AvgIpc) is 2.51. The molecule has 28 heavy (non-hydrogen) atoms. The summed E-state index contributed by atoms with van der Waals surface area (Å²) in [5.41, 5.74) is 0. The zero-order valence-corrected chi connectivity index (χ0v) is 21.5. The Morgan fingerprint density at radius 2 is 1.39 bits per heavy atom. The molecule has 2 rings (SSSR count). The number of rotatable bonds is 7. The van der Waals surface area contributed by atoms with Gasteiger partial charge in [-0.15, -0.1) is 0 Å². The lowest BCUT2D eigenvalue weighted by atomic mass is 9.91. The summed E-state index contributed by atoms with van der Waals surface area (Å²) in [7, 11) is 2.23. The van der Waals surface area contributed by atoms with Crippen molar-refractivity contribution in [2.24, 2.45) is 11.8 Å². The van der Waals surface area contributed by atoms with Crippen LogP contribution in [0.5, 0.6) is 0 Å². The van der Waals surface area contributed by atoms with Gasteiger partial charge in [-0.3, -0.25) is 0 Å². The molecule has 1 heterocycles. The van der Waals surface area contributed by atoms with Crippen LogP contribution in [-0.2, 0) is 4.74 Å². The van der Waals surface area contributed by atoms with Gasteiger partial charge < -0.3 is 15.0 Å². The van der Waals surface area contributed by atoms with E-state index in [0.717, 1.165) is 37.1 Å². The van der Waals surface area contributed by atoms with Crippen LogP contribution in [0.4, 0.5) is 0 Å². The molecule has 0 aromatic carbocycles. The Morgan fingerprint density at radius 1 is 0.893 bits per heavy atom. The highest BCUT2D eigenvalue weighted by atomic mass is 16.5. The molecule has 3 heteroatoms. The fraction of sp³-hybridized carbons (Fsp3) is 1.00. The monoisotopic (exact) mass is 400 g/mol. The predicted molar refractivity (Wildman–Crippen MR) is 128 cm³/mol. The molecule has 1 saturated heterocycles. The van der Waals surface area contributed by atoms with Crippen molar-refractivity contribution in [1.82, 2.24) is 10.2 Å². The average molecular weight is 401 g/mol. The first-order valence-corrected chi connectivity index (χ1v) is 12.1. The summed E-state index contributed by atoms with van der Waals surface area (Å²) >= 11 is 0. The second kappa shape index (κ2) is 18.9. The third-order valence-corrected chi connectivity index (χ3v) is 5.35. The molecule has 1 aliphatic heterocycles. The molecule has 2 fully saturated rings. The van der Waals surface area contributed by atoms with Crippen molar-refractivity contribution in [3.63, 3.8) is 0 Å². The predicted octanol–water partition coefficient (Wildman–Crippen LogP) is 6.76. The number of ether oxygens (including phenoxy) is 1. The van der Waals surface area contributed by atoms with E-state index in [1.807, 2.05) is 0 Å². The Labute approximate surface area is 179 Å². The van der Waals surface area contributed by atoms with Crippen LogP contribution in [0.3, 0.4) is 0 Å². The molecule has 172 valence electrons. The molecule has 0 aromatic heterocycles. The van der Waals surface area contributed by atoms with Crippen LogP contribution >= 0.6 is 0 Å². The third kappa shape index (κ3) is 19.2. The zero-order chi connectivity index (χ0) is 22.1. The summed E-state index contributed by atoms with van der Waals surface area (Å²) in [5.74, 6) is 1.78. The maximum atomic E-state index is 4.97. The molecule has 3 nitrogen and oxygen atoms in total. The van der Waals surface area contributed by atoms with E-state index in [2.05, 4.69) is 86.5 Å². The maximum Gasteiger partial charge on any atom is 0.0643 e. The van der Waals surface area contributed by atoms with Gasteiger partial charge in [0.05, 0.1) is 19.3 Å². The molecular weight excluding hydrogens is 344 g/mol. The second-order valence-corrected chi connectivity index (χ2v) is 9.88. The van der Waals surface area contributed by atoms with E-state index >= 15 is 0 Å². The number of hydrogen-bond donors (Lipinski definition) is 1. The van der Waals surface area contributed by atoms with Crippen molar-refractivity contribution in [2.45, 2.75) is 132 Å². The Kier molecular flexibility index (Phi) is 20.3. The summed E-state index contributed by atoms with van der Waals surface area (Å²) < 4.78 is 4.97. The Hall–Kier alpha value is -0.120. The molecule has 0 aromatic rings. The minimum Gasteiger partial charge on any atom is -0.378 e. The topological polar surface area (TPSA) is 24.5 Å². The summed E-state index contributed by atoms with van der Waals surface area (Å²) in [4.78, 5) is 2.48. The van der Waals surface area contributed by atoms with Crippen LogP contribution in [0.1, 0.15) is 108 Å². The number of hydrogen-bond acceptors (Lipinski definition) is 3. The van der Waals surface area contributed by atoms with Crippen LogP contribution < -0.4 is 5.32 Å². The molecule has 1 N–H and O–H groups in total. The van der Waals surface area contributed by atoms with E-state index in [1.165, 1.54) is 38.5 Å². The van der Waals surface area contributed by atoms with Crippen LogP contribution in [-0.4, -0.2) is 49.3 Å². The Balaban J connectivity index is 0. The van der Waals surface area contributed by atoms with E-state index in [-0.39, 0.29) is 0 Å². The summed E-state index contributed by atoms with van der Waals surface area (Å²) in [6.07, 6.45) is 8.31. The molecule has 0 radical (unpaired) electrons. The lowest BCUT2D eigenvalue weighted by molar-refractivity contribution is -0.00828. The maximum absolute atomic E-state index is 4.97. The van der Waals surface area contributed by atoms with E-state index in [0.29, 0.717) is 12.1 Å². The SMILES string of the molecule is CC(C)N(C)C1CCC1.CC(C)NC1COC1.CCC(C)C.CCCC(C)C. The normalized spacial score (nSPS) is 16.7.